The Morgan fingerprint density at radius 3 is 2.68 bits per heavy atom. The summed E-state index contributed by atoms with van der Waals surface area (Å²) in [7, 11) is 0. The van der Waals surface area contributed by atoms with Crippen molar-refractivity contribution in [3.05, 3.63) is 70.0 Å². The lowest BCUT2D eigenvalue weighted by atomic mass is 10.1. The standard InChI is InChI=1S/C18H19N3O/c1-12-7-8-16-17(14(12)3)20-11-21(18(16)22)13(2)10-15-6-4-5-9-19-15/h4-9,11,13H,10H2,1-3H3. The van der Waals surface area contributed by atoms with Crippen LogP contribution in [0, 0.1) is 13.8 Å². The number of hydrogen-bond acceptors (Lipinski definition) is 3. The van der Waals surface area contributed by atoms with Crippen LogP contribution in [0.4, 0.5) is 0 Å². The number of benzene rings is 1. The molecule has 1 unspecified atom stereocenters. The molecule has 2 heterocycles. The maximum atomic E-state index is 12.7. The molecule has 1 aromatic carbocycles. The molecule has 22 heavy (non-hydrogen) atoms. The first-order valence-corrected chi connectivity index (χ1v) is 7.45. The number of rotatable bonds is 3. The van der Waals surface area contributed by atoms with E-state index < -0.39 is 0 Å². The highest BCUT2D eigenvalue weighted by molar-refractivity contribution is 5.81. The van der Waals surface area contributed by atoms with Crippen LogP contribution in [0.2, 0.25) is 0 Å². The lowest BCUT2D eigenvalue weighted by Gasteiger charge is -2.15. The average molecular weight is 293 g/mol. The lowest BCUT2D eigenvalue weighted by molar-refractivity contribution is 0.517. The van der Waals surface area contributed by atoms with E-state index in [9.17, 15) is 4.79 Å². The fourth-order valence-electron chi connectivity index (χ4n) is 2.69. The average Bonchev–Trinajstić information content (AvgIpc) is 2.52. The molecule has 0 bridgehead atoms. The van der Waals surface area contributed by atoms with Crippen LogP contribution in [0.15, 0.2) is 47.7 Å². The van der Waals surface area contributed by atoms with Crippen LogP contribution < -0.4 is 5.56 Å². The van der Waals surface area contributed by atoms with Crippen LogP contribution in [-0.4, -0.2) is 14.5 Å². The van der Waals surface area contributed by atoms with Crippen LogP contribution in [0.3, 0.4) is 0 Å². The minimum absolute atomic E-state index is 0.0107. The Balaban J connectivity index is 2.03. The third-order valence-electron chi connectivity index (χ3n) is 4.18. The molecule has 0 N–H and O–H groups in total. The first-order valence-electron chi connectivity index (χ1n) is 7.45. The van der Waals surface area contributed by atoms with Crippen LogP contribution >= 0.6 is 0 Å². The molecule has 112 valence electrons. The minimum Gasteiger partial charge on any atom is -0.295 e. The molecule has 0 amide bonds. The molecule has 4 nitrogen and oxygen atoms in total. The van der Waals surface area contributed by atoms with E-state index in [0.29, 0.717) is 11.8 Å². The first kappa shape index (κ1) is 14.4. The predicted molar refractivity (Wildman–Crippen MR) is 88.1 cm³/mol. The molecular formula is C18H19N3O. The van der Waals surface area contributed by atoms with Gasteiger partial charge in [-0.25, -0.2) is 4.98 Å². The van der Waals surface area contributed by atoms with E-state index in [2.05, 4.69) is 9.97 Å². The summed E-state index contributed by atoms with van der Waals surface area (Å²) in [4.78, 5) is 21.6. The van der Waals surface area contributed by atoms with Crippen molar-refractivity contribution in [1.82, 2.24) is 14.5 Å². The molecule has 3 aromatic rings. The monoisotopic (exact) mass is 293 g/mol. The Bertz CT molecular complexity index is 869. The van der Waals surface area contributed by atoms with Gasteiger partial charge in [-0.15, -0.1) is 0 Å². The van der Waals surface area contributed by atoms with E-state index in [4.69, 9.17) is 0 Å². The van der Waals surface area contributed by atoms with Gasteiger partial charge in [0.05, 0.1) is 17.2 Å². The fourth-order valence-corrected chi connectivity index (χ4v) is 2.69. The molecule has 0 fully saturated rings. The van der Waals surface area contributed by atoms with Crippen molar-refractivity contribution in [3.8, 4) is 0 Å². The van der Waals surface area contributed by atoms with Crippen LogP contribution in [0.1, 0.15) is 29.8 Å². The summed E-state index contributed by atoms with van der Waals surface area (Å²) in [6.45, 7) is 6.06. The number of aromatic nitrogens is 3. The van der Waals surface area contributed by atoms with Crippen molar-refractivity contribution in [2.75, 3.05) is 0 Å². The number of hydrogen-bond donors (Lipinski definition) is 0. The van der Waals surface area contributed by atoms with Crippen molar-refractivity contribution in [3.63, 3.8) is 0 Å². The Morgan fingerprint density at radius 2 is 1.95 bits per heavy atom. The Kier molecular flexibility index (Phi) is 3.75. The molecule has 0 spiro atoms. The maximum Gasteiger partial charge on any atom is 0.261 e. The lowest BCUT2D eigenvalue weighted by Crippen LogP contribution is -2.25. The first-order chi connectivity index (χ1) is 10.6. The van der Waals surface area contributed by atoms with E-state index in [1.165, 1.54) is 0 Å². The van der Waals surface area contributed by atoms with Gasteiger partial charge in [-0.05, 0) is 50.1 Å². The number of fused-ring (bicyclic) bond motifs is 1. The van der Waals surface area contributed by atoms with Gasteiger partial charge in [-0.1, -0.05) is 12.1 Å². The summed E-state index contributed by atoms with van der Waals surface area (Å²) in [5, 5.41) is 0.679. The molecule has 0 aliphatic carbocycles. The van der Waals surface area contributed by atoms with Gasteiger partial charge in [0.1, 0.15) is 0 Å². The third-order valence-corrected chi connectivity index (χ3v) is 4.18. The van der Waals surface area contributed by atoms with E-state index in [1.807, 2.05) is 51.1 Å². The maximum absolute atomic E-state index is 12.7. The summed E-state index contributed by atoms with van der Waals surface area (Å²) in [5.74, 6) is 0. The second-order valence-electron chi connectivity index (χ2n) is 5.73. The Hall–Kier alpha value is -2.49. The molecule has 2 aromatic heterocycles. The van der Waals surface area contributed by atoms with Crippen molar-refractivity contribution in [2.45, 2.75) is 33.2 Å². The SMILES string of the molecule is Cc1ccc2c(=O)n(C(C)Cc3ccccn3)cnc2c1C. The third kappa shape index (κ3) is 2.52. The molecule has 3 rings (SSSR count). The number of aryl methyl sites for hydroxylation is 2. The minimum atomic E-state index is 0.0107. The zero-order valence-electron chi connectivity index (χ0n) is 13.1. The highest BCUT2D eigenvalue weighted by atomic mass is 16.1. The van der Waals surface area contributed by atoms with Crippen LogP contribution in [-0.2, 0) is 6.42 Å². The summed E-state index contributed by atoms with van der Waals surface area (Å²) >= 11 is 0. The van der Waals surface area contributed by atoms with Gasteiger partial charge in [0.25, 0.3) is 5.56 Å². The summed E-state index contributed by atoms with van der Waals surface area (Å²) in [5.41, 5.74) is 4.00. The van der Waals surface area contributed by atoms with Gasteiger partial charge in [0.15, 0.2) is 0 Å². The van der Waals surface area contributed by atoms with E-state index in [0.717, 1.165) is 22.3 Å². The van der Waals surface area contributed by atoms with E-state index >= 15 is 0 Å². The van der Waals surface area contributed by atoms with E-state index in [1.54, 1.807) is 17.1 Å². The molecule has 0 saturated carbocycles. The molecular weight excluding hydrogens is 274 g/mol. The van der Waals surface area contributed by atoms with Crippen LogP contribution in [0.25, 0.3) is 10.9 Å². The molecule has 0 radical (unpaired) electrons. The quantitative estimate of drug-likeness (QED) is 0.745. The molecule has 0 aliphatic rings. The zero-order valence-corrected chi connectivity index (χ0v) is 13.1. The van der Waals surface area contributed by atoms with Gasteiger partial charge in [0, 0.05) is 24.4 Å². The molecule has 1 atom stereocenters. The highest BCUT2D eigenvalue weighted by Gasteiger charge is 2.13. The normalized spacial score (nSPS) is 12.5. The molecule has 4 heteroatoms. The second-order valence-corrected chi connectivity index (χ2v) is 5.73. The van der Waals surface area contributed by atoms with Gasteiger partial charge in [-0.2, -0.15) is 0 Å². The van der Waals surface area contributed by atoms with Crippen molar-refractivity contribution >= 4 is 10.9 Å². The molecule has 0 aliphatic heterocycles. The summed E-state index contributed by atoms with van der Waals surface area (Å²) in [6, 6.07) is 9.70. The largest absolute Gasteiger partial charge is 0.295 e. The van der Waals surface area contributed by atoms with Crippen LogP contribution in [0.5, 0.6) is 0 Å². The second kappa shape index (κ2) is 5.72. The van der Waals surface area contributed by atoms with Gasteiger partial charge < -0.3 is 0 Å². The zero-order chi connectivity index (χ0) is 15.7. The van der Waals surface area contributed by atoms with Gasteiger partial charge >= 0.3 is 0 Å². The van der Waals surface area contributed by atoms with Gasteiger partial charge in [0.2, 0.25) is 0 Å². The number of nitrogens with zero attached hydrogens (tertiary/aromatic N) is 3. The molecule has 0 saturated heterocycles. The topological polar surface area (TPSA) is 47.8 Å². The van der Waals surface area contributed by atoms with E-state index in [-0.39, 0.29) is 11.6 Å². The predicted octanol–water partition coefficient (Wildman–Crippen LogP) is 3.21. The van der Waals surface area contributed by atoms with Crippen molar-refractivity contribution in [1.29, 1.82) is 0 Å². The summed E-state index contributed by atoms with van der Waals surface area (Å²) < 4.78 is 1.70. The highest BCUT2D eigenvalue weighted by Crippen LogP contribution is 2.18. The fraction of sp³-hybridized carbons (Fsp3) is 0.278. The summed E-state index contributed by atoms with van der Waals surface area (Å²) in [6.07, 6.45) is 4.14. The Morgan fingerprint density at radius 1 is 1.14 bits per heavy atom. The van der Waals surface area contributed by atoms with Gasteiger partial charge in [-0.3, -0.25) is 14.3 Å². The number of pyridine rings is 1. The smallest absolute Gasteiger partial charge is 0.261 e. The van der Waals surface area contributed by atoms with Crippen molar-refractivity contribution < 1.29 is 0 Å². The van der Waals surface area contributed by atoms with Crippen molar-refractivity contribution in [2.24, 2.45) is 0 Å². The Labute approximate surface area is 129 Å².